The highest BCUT2D eigenvalue weighted by molar-refractivity contribution is 5.76. The van der Waals surface area contributed by atoms with Gasteiger partial charge in [-0.2, -0.15) is 0 Å². The van der Waals surface area contributed by atoms with Crippen molar-refractivity contribution in [2.24, 2.45) is 0 Å². The van der Waals surface area contributed by atoms with Crippen LogP contribution in [-0.4, -0.2) is 87.5 Å². The van der Waals surface area contributed by atoms with Crippen molar-refractivity contribution in [3.05, 3.63) is 12.2 Å². The van der Waals surface area contributed by atoms with Gasteiger partial charge in [0, 0.05) is 6.42 Å². The first kappa shape index (κ1) is 67.9. The third-order valence-electron chi connectivity index (χ3n) is 15.4. The first-order valence-corrected chi connectivity index (χ1v) is 31.4. The molecule has 9 heteroatoms. The summed E-state index contributed by atoms with van der Waals surface area (Å²) < 4.78 is 11.3. The highest BCUT2D eigenvalue weighted by atomic mass is 16.7. The first-order valence-electron chi connectivity index (χ1n) is 31.4. The Kier molecular flexibility index (Phi) is 50.1. The highest BCUT2D eigenvalue weighted by Crippen LogP contribution is 2.23. The highest BCUT2D eigenvalue weighted by Gasteiger charge is 2.44. The second kappa shape index (κ2) is 52.4. The smallest absolute Gasteiger partial charge is 0.220 e. The molecule has 0 bridgehead atoms. The Morgan fingerprint density at radius 1 is 0.465 bits per heavy atom. The normalized spacial score (nSPS) is 19.2. The van der Waals surface area contributed by atoms with Gasteiger partial charge in [0.25, 0.3) is 0 Å². The lowest BCUT2D eigenvalue weighted by atomic mass is 9.99. The molecule has 0 radical (unpaired) electrons. The van der Waals surface area contributed by atoms with E-state index in [1.165, 1.54) is 257 Å². The van der Waals surface area contributed by atoms with E-state index in [1.807, 2.05) is 0 Å². The number of unbranched alkanes of at least 4 members (excludes halogenated alkanes) is 43. The molecular formula is C62H121NO8. The van der Waals surface area contributed by atoms with Gasteiger partial charge in [-0.05, 0) is 38.5 Å². The standard InChI is InChI=1S/C62H121NO8/c1-3-5-7-9-11-13-15-17-19-21-23-25-27-28-30-32-34-36-38-40-42-44-46-48-50-52-58(66)63-55(54-70-62-61(69)60(68)59(67)57(53-64)71-62)56(65)51-49-47-45-43-41-39-37-35-33-31-29-26-24-22-20-18-16-14-12-10-8-6-4-2/h28,30,55-57,59-62,64-65,67-69H,3-27,29,31-54H2,1-2H3,(H,63,66)/b30-28-. The van der Waals surface area contributed by atoms with E-state index in [0.717, 1.165) is 38.5 Å². The predicted molar refractivity (Wildman–Crippen MR) is 300 cm³/mol. The van der Waals surface area contributed by atoms with Crippen LogP contribution in [0.2, 0.25) is 0 Å². The van der Waals surface area contributed by atoms with E-state index in [-0.39, 0.29) is 12.5 Å². The average Bonchev–Trinajstić information content (AvgIpc) is 3.37. The number of hydrogen-bond acceptors (Lipinski definition) is 8. The number of ether oxygens (including phenoxy) is 2. The maximum absolute atomic E-state index is 13.1. The molecule has 1 saturated heterocycles. The number of allylic oxidation sites excluding steroid dienone is 2. The molecule has 422 valence electrons. The monoisotopic (exact) mass is 1010 g/mol. The van der Waals surface area contributed by atoms with Gasteiger partial charge in [-0.3, -0.25) is 4.79 Å². The topological polar surface area (TPSA) is 149 Å². The van der Waals surface area contributed by atoms with Crippen molar-refractivity contribution in [1.82, 2.24) is 5.32 Å². The zero-order valence-electron chi connectivity index (χ0n) is 47.0. The number of aliphatic hydroxyl groups excluding tert-OH is 5. The molecule has 6 N–H and O–H groups in total. The van der Waals surface area contributed by atoms with Crippen LogP contribution in [0.5, 0.6) is 0 Å². The molecule has 1 aliphatic heterocycles. The van der Waals surface area contributed by atoms with Crippen LogP contribution < -0.4 is 5.32 Å². The Labute approximate surface area is 439 Å². The number of amides is 1. The molecule has 1 amide bonds. The fourth-order valence-electron chi connectivity index (χ4n) is 10.4. The van der Waals surface area contributed by atoms with Gasteiger partial charge in [-0.25, -0.2) is 0 Å². The van der Waals surface area contributed by atoms with E-state index in [1.54, 1.807) is 0 Å². The van der Waals surface area contributed by atoms with Gasteiger partial charge < -0.3 is 40.3 Å². The minimum atomic E-state index is -1.55. The Morgan fingerprint density at radius 2 is 0.789 bits per heavy atom. The third kappa shape index (κ3) is 41.8. The number of carbonyl (C=O) groups is 1. The fourth-order valence-corrected chi connectivity index (χ4v) is 10.4. The number of nitrogens with one attached hydrogen (secondary N) is 1. The third-order valence-corrected chi connectivity index (χ3v) is 15.4. The molecule has 0 aliphatic carbocycles. The molecule has 1 heterocycles. The lowest BCUT2D eigenvalue weighted by molar-refractivity contribution is -0.302. The number of hydrogen-bond donors (Lipinski definition) is 6. The minimum Gasteiger partial charge on any atom is -0.394 e. The second-order valence-electron chi connectivity index (χ2n) is 22.2. The summed E-state index contributed by atoms with van der Waals surface area (Å²) in [6.07, 6.45) is 58.2. The Morgan fingerprint density at radius 3 is 1.14 bits per heavy atom. The van der Waals surface area contributed by atoms with Crippen molar-refractivity contribution in [1.29, 1.82) is 0 Å². The van der Waals surface area contributed by atoms with Crippen LogP contribution in [0.3, 0.4) is 0 Å². The quantitative estimate of drug-likeness (QED) is 0.0261. The largest absolute Gasteiger partial charge is 0.394 e. The van der Waals surface area contributed by atoms with Gasteiger partial charge in [-0.15, -0.1) is 0 Å². The molecule has 0 aromatic heterocycles. The first-order chi connectivity index (χ1) is 34.8. The van der Waals surface area contributed by atoms with E-state index in [4.69, 9.17) is 9.47 Å². The molecular weight excluding hydrogens is 887 g/mol. The summed E-state index contributed by atoms with van der Waals surface area (Å²) in [4.78, 5) is 13.1. The average molecular weight is 1010 g/mol. The van der Waals surface area contributed by atoms with Crippen molar-refractivity contribution in [2.75, 3.05) is 13.2 Å². The van der Waals surface area contributed by atoms with E-state index >= 15 is 0 Å². The maximum atomic E-state index is 13.1. The predicted octanol–water partition coefficient (Wildman–Crippen LogP) is 16.0. The van der Waals surface area contributed by atoms with Gasteiger partial charge in [-0.1, -0.05) is 289 Å². The van der Waals surface area contributed by atoms with Crippen LogP contribution in [0.4, 0.5) is 0 Å². The molecule has 7 unspecified atom stereocenters. The Bertz CT molecular complexity index is 1120. The van der Waals surface area contributed by atoms with Crippen LogP contribution in [0.25, 0.3) is 0 Å². The van der Waals surface area contributed by atoms with Gasteiger partial charge in [0.1, 0.15) is 24.4 Å². The lowest BCUT2D eigenvalue weighted by Gasteiger charge is -2.40. The molecule has 71 heavy (non-hydrogen) atoms. The lowest BCUT2D eigenvalue weighted by Crippen LogP contribution is -2.60. The summed E-state index contributed by atoms with van der Waals surface area (Å²) in [5.41, 5.74) is 0. The summed E-state index contributed by atoms with van der Waals surface area (Å²) in [5.74, 6) is -0.140. The SMILES string of the molecule is CCCCCCCCCCCCCC/C=C\CCCCCCCCCCCC(=O)NC(COC1OC(CO)C(O)C(O)C1O)C(O)CCCCCCCCCCCCCCCCCCCCCCCCC. The zero-order valence-corrected chi connectivity index (χ0v) is 47.0. The molecule has 0 spiro atoms. The number of aliphatic hydroxyl groups is 5. The maximum Gasteiger partial charge on any atom is 0.220 e. The zero-order chi connectivity index (χ0) is 51.5. The summed E-state index contributed by atoms with van der Waals surface area (Å²) in [7, 11) is 0. The van der Waals surface area contributed by atoms with Crippen LogP contribution >= 0.6 is 0 Å². The fraction of sp³-hybridized carbons (Fsp3) is 0.952. The van der Waals surface area contributed by atoms with Crippen molar-refractivity contribution in [3.8, 4) is 0 Å². The van der Waals surface area contributed by atoms with Crippen LogP contribution in [-0.2, 0) is 14.3 Å². The van der Waals surface area contributed by atoms with Crippen molar-refractivity contribution >= 4 is 5.91 Å². The van der Waals surface area contributed by atoms with E-state index in [9.17, 15) is 30.3 Å². The van der Waals surface area contributed by atoms with Crippen LogP contribution in [0, 0.1) is 0 Å². The molecule has 7 atom stereocenters. The van der Waals surface area contributed by atoms with Crippen LogP contribution in [0.1, 0.15) is 322 Å². The molecule has 0 saturated carbocycles. The van der Waals surface area contributed by atoms with E-state index in [0.29, 0.717) is 12.8 Å². The molecule has 1 fully saturated rings. The van der Waals surface area contributed by atoms with E-state index in [2.05, 4.69) is 31.3 Å². The van der Waals surface area contributed by atoms with Gasteiger partial charge in [0.05, 0.1) is 25.4 Å². The van der Waals surface area contributed by atoms with Crippen molar-refractivity contribution in [3.63, 3.8) is 0 Å². The Hall–Kier alpha value is -1.07. The summed E-state index contributed by atoms with van der Waals surface area (Å²) in [6, 6.07) is -0.718. The van der Waals surface area contributed by atoms with Crippen molar-refractivity contribution in [2.45, 2.75) is 365 Å². The number of rotatable bonds is 55. The van der Waals surface area contributed by atoms with Crippen molar-refractivity contribution < 1.29 is 39.8 Å². The summed E-state index contributed by atoms with van der Waals surface area (Å²) >= 11 is 0. The molecule has 1 aliphatic rings. The minimum absolute atomic E-state index is 0.134. The molecule has 0 aromatic rings. The summed E-state index contributed by atoms with van der Waals surface area (Å²) in [6.45, 7) is 3.89. The van der Waals surface area contributed by atoms with E-state index < -0.39 is 49.5 Å². The molecule has 9 nitrogen and oxygen atoms in total. The number of carbonyl (C=O) groups excluding carboxylic acids is 1. The second-order valence-corrected chi connectivity index (χ2v) is 22.2. The Balaban J connectivity index is 2.16. The van der Waals surface area contributed by atoms with Gasteiger partial charge in [0.15, 0.2) is 6.29 Å². The summed E-state index contributed by atoms with van der Waals surface area (Å²) in [5, 5.41) is 54.8. The van der Waals surface area contributed by atoms with Crippen LogP contribution in [0.15, 0.2) is 12.2 Å². The molecule has 1 rings (SSSR count). The van der Waals surface area contributed by atoms with Gasteiger partial charge in [0.2, 0.25) is 5.91 Å². The van der Waals surface area contributed by atoms with Gasteiger partial charge >= 0.3 is 0 Å². The molecule has 0 aromatic carbocycles.